The van der Waals surface area contributed by atoms with Crippen LogP contribution in [0.4, 0.5) is 5.69 Å². The molecule has 0 saturated carbocycles. The summed E-state index contributed by atoms with van der Waals surface area (Å²) in [5, 5.41) is 14.6. The molecule has 136 valence electrons. The Hall–Kier alpha value is -2.94. The molecule has 0 aliphatic rings. The van der Waals surface area contributed by atoms with Gasteiger partial charge in [0.25, 0.3) is 11.6 Å². The lowest BCUT2D eigenvalue weighted by atomic mass is 10.2. The van der Waals surface area contributed by atoms with E-state index in [2.05, 4.69) is 26.5 Å². The number of amides is 1. The van der Waals surface area contributed by atoms with Gasteiger partial charge in [-0.05, 0) is 46.6 Å². The minimum atomic E-state index is -0.565. The van der Waals surface area contributed by atoms with Gasteiger partial charge in [0.05, 0.1) is 29.3 Å². The highest BCUT2D eigenvalue weighted by Crippen LogP contribution is 2.36. The maximum Gasteiger partial charge on any atom is 0.271 e. The van der Waals surface area contributed by atoms with Crippen molar-refractivity contribution in [3.63, 3.8) is 0 Å². The monoisotopic (exact) mass is 421 g/mol. The number of non-ortho nitro benzene ring substituents is 1. The summed E-state index contributed by atoms with van der Waals surface area (Å²) in [4.78, 5) is 22.2. The van der Waals surface area contributed by atoms with Crippen LogP contribution in [0.15, 0.2) is 46.0 Å². The van der Waals surface area contributed by atoms with E-state index in [1.54, 1.807) is 12.1 Å². The van der Waals surface area contributed by atoms with E-state index in [1.807, 2.05) is 6.92 Å². The van der Waals surface area contributed by atoms with E-state index in [0.717, 1.165) is 0 Å². The highest BCUT2D eigenvalue weighted by atomic mass is 79.9. The molecule has 0 saturated heterocycles. The molecule has 0 atom stereocenters. The molecule has 2 rings (SSSR count). The van der Waals surface area contributed by atoms with Gasteiger partial charge in [0.1, 0.15) is 0 Å². The molecule has 0 heterocycles. The number of benzene rings is 2. The van der Waals surface area contributed by atoms with Gasteiger partial charge in [-0.3, -0.25) is 14.9 Å². The van der Waals surface area contributed by atoms with Crippen LogP contribution < -0.4 is 14.9 Å². The van der Waals surface area contributed by atoms with Crippen LogP contribution in [-0.2, 0) is 0 Å². The molecule has 0 radical (unpaired) electrons. The SMILES string of the molecule is CCOc1cc(/C=N/NC(=O)c2cccc([N+](=O)[O-])c2)cc(Br)c1OC. The number of rotatable bonds is 7. The first-order valence-electron chi connectivity index (χ1n) is 7.54. The minimum Gasteiger partial charge on any atom is -0.492 e. The van der Waals surface area contributed by atoms with Gasteiger partial charge in [0.2, 0.25) is 0 Å². The molecule has 0 fully saturated rings. The normalized spacial score (nSPS) is 10.6. The van der Waals surface area contributed by atoms with Gasteiger partial charge in [0, 0.05) is 17.7 Å². The van der Waals surface area contributed by atoms with Gasteiger partial charge in [-0.2, -0.15) is 5.10 Å². The average molecular weight is 422 g/mol. The molecular weight excluding hydrogens is 406 g/mol. The van der Waals surface area contributed by atoms with E-state index < -0.39 is 10.8 Å². The first kappa shape index (κ1) is 19.4. The van der Waals surface area contributed by atoms with E-state index in [1.165, 1.54) is 37.6 Å². The van der Waals surface area contributed by atoms with Crippen molar-refractivity contribution in [2.45, 2.75) is 6.92 Å². The number of hydrogen-bond donors (Lipinski definition) is 1. The highest BCUT2D eigenvalue weighted by molar-refractivity contribution is 9.10. The maximum absolute atomic E-state index is 12.0. The largest absolute Gasteiger partial charge is 0.492 e. The predicted molar refractivity (Wildman–Crippen MR) is 100 cm³/mol. The van der Waals surface area contributed by atoms with Crippen LogP contribution in [0.5, 0.6) is 11.5 Å². The number of hydrazone groups is 1. The lowest BCUT2D eigenvalue weighted by Crippen LogP contribution is -2.17. The Morgan fingerprint density at radius 2 is 2.15 bits per heavy atom. The fourth-order valence-corrected chi connectivity index (χ4v) is 2.74. The number of nitrogens with one attached hydrogen (secondary N) is 1. The molecule has 2 aromatic carbocycles. The predicted octanol–water partition coefficient (Wildman–Crippen LogP) is 3.53. The smallest absolute Gasteiger partial charge is 0.271 e. The van der Waals surface area contributed by atoms with Crippen LogP contribution in [0, 0.1) is 10.1 Å². The molecule has 9 heteroatoms. The molecule has 0 bridgehead atoms. The maximum atomic E-state index is 12.0. The third-order valence-electron chi connectivity index (χ3n) is 3.23. The van der Waals surface area contributed by atoms with Crippen molar-refractivity contribution in [1.82, 2.24) is 5.43 Å². The number of carbonyl (C=O) groups excluding carboxylic acids is 1. The van der Waals surface area contributed by atoms with Crippen molar-refractivity contribution in [1.29, 1.82) is 0 Å². The Labute approximate surface area is 158 Å². The summed E-state index contributed by atoms with van der Waals surface area (Å²) in [5.41, 5.74) is 2.98. The van der Waals surface area contributed by atoms with Crippen molar-refractivity contribution in [3.8, 4) is 11.5 Å². The Kier molecular flexibility index (Phi) is 6.67. The van der Waals surface area contributed by atoms with Crippen LogP contribution in [0.3, 0.4) is 0 Å². The molecule has 0 aliphatic carbocycles. The van der Waals surface area contributed by atoms with Gasteiger partial charge < -0.3 is 9.47 Å². The second kappa shape index (κ2) is 8.95. The third-order valence-corrected chi connectivity index (χ3v) is 3.82. The van der Waals surface area contributed by atoms with Gasteiger partial charge >= 0.3 is 0 Å². The summed E-state index contributed by atoms with van der Waals surface area (Å²) in [7, 11) is 1.54. The van der Waals surface area contributed by atoms with Gasteiger partial charge in [-0.25, -0.2) is 5.43 Å². The summed E-state index contributed by atoms with van der Waals surface area (Å²) < 4.78 is 11.5. The molecule has 0 aliphatic heterocycles. The van der Waals surface area contributed by atoms with E-state index in [9.17, 15) is 14.9 Å². The van der Waals surface area contributed by atoms with Crippen LogP contribution in [0.1, 0.15) is 22.8 Å². The summed E-state index contributed by atoms with van der Waals surface area (Å²) in [6.07, 6.45) is 1.43. The van der Waals surface area contributed by atoms with Crippen LogP contribution in [0.25, 0.3) is 0 Å². The minimum absolute atomic E-state index is 0.141. The van der Waals surface area contributed by atoms with Crippen molar-refractivity contribution in [2.75, 3.05) is 13.7 Å². The van der Waals surface area contributed by atoms with E-state index in [-0.39, 0.29) is 11.3 Å². The second-order valence-corrected chi connectivity index (χ2v) is 5.83. The van der Waals surface area contributed by atoms with E-state index in [4.69, 9.17) is 9.47 Å². The summed E-state index contributed by atoms with van der Waals surface area (Å²) in [5.74, 6) is 0.544. The molecule has 0 spiro atoms. The van der Waals surface area contributed by atoms with Crippen LogP contribution >= 0.6 is 15.9 Å². The first-order valence-corrected chi connectivity index (χ1v) is 8.33. The van der Waals surface area contributed by atoms with Gasteiger partial charge in [-0.1, -0.05) is 6.07 Å². The number of carbonyl (C=O) groups is 1. The van der Waals surface area contributed by atoms with Crippen LogP contribution in [0.2, 0.25) is 0 Å². The van der Waals surface area contributed by atoms with Crippen molar-refractivity contribution < 1.29 is 19.2 Å². The number of nitro groups is 1. The highest BCUT2D eigenvalue weighted by Gasteiger charge is 2.12. The topological polar surface area (TPSA) is 103 Å². The number of nitro benzene ring substituents is 1. The summed E-state index contributed by atoms with van der Waals surface area (Å²) in [6, 6.07) is 8.87. The fourth-order valence-electron chi connectivity index (χ4n) is 2.11. The molecule has 1 N–H and O–H groups in total. The Balaban J connectivity index is 2.14. The van der Waals surface area contributed by atoms with E-state index >= 15 is 0 Å². The van der Waals surface area contributed by atoms with E-state index in [0.29, 0.717) is 28.1 Å². The average Bonchev–Trinajstić information content (AvgIpc) is 2.62. The Bertz CT molecular complexity index is 854. The van der Waals surface area contributed by atoms with Crippen molar-refractivity contribution >= 4 is 33.7 Å². The molecular formula is C17H16BrN3O5. The molecule has 1 amide bonds. The molecule has 8 nitrogen and oxygen atoms in total. The quantitative estimate of drug-likeness (QED) is 0.418. The molecule has 0 unspecified atom stereocenters. The third kappa shape index (κ3) is 4.79. The number of halogens is 1. The summed E-state index contributed by atoms with van der Waals surface area (Å²) >= 11 is 3.39. The standard InChI is InChI=1S/C17H16BrN3O5/c1-3-26-15-8-11(7-14(18)16(15)25-2)10-19-20-17(22)12-5-4-6-13(9-12)21(23)24/h4-10H,3H2,1-2H3,(H,20,22)/b19-10+. The van der Waals surface area contributed by atoms with Gasteiger partial charge in [0.15, 0.2) is 11.5 Å². The number of nitrogens with zero attached hydrogens (tertiary/aromatic N) is 2. The second-order valence-electron chi connectivity index (χ2n) is 4.97. The zero-order valence-electron chi connectivity index (χ0n) is 14.1. The number of hydrogen-bond acceptors (Lipinski definition) is 6. The number of ether oxygens (including phenoxy) is 2. The lowest BCUT2D eigenvalue weighted by Gasteiger charge is -2.11. The molecule has 0 aromatic heterocycles. The van der Waals surface area contributed by atoms with Crippen LogP contribution in [-0.4, -0.2) is 30.8 Å². The number of methoxy groups -OCH3 is 1. The van der Waals surface area contributed by atoms with Crippen molar-refractivity contribution in [2.24, 2.45) is 5.10 Å². The Morgan fingerprint density at radius 1 is 1.38 bits per heavy atom. The zero-order chi connectivity index (χ0) is 19.1. The zero-order valence-corrected chi connectivity index (χ0v) is 15.6. The van der Waals surface area contributed by atoms with Crippen molar-refractivity contribution in [3.05, 3.63) is 62.1 Å². The van der Waals surface area contributed by atoms with Gasteiger partial charge in [-0.15, -0.1) is 0 Å². The Morgan fingerprint density at radius 3 is 2.81 bits per heavy atom. The first-order chi connectivity index (χ1) is 12.5. The molecule has 26 heavy (non-hydrogen) atoms. The fraction of sp³-hybridized carbons (Fsp3) is 0.176. The lowest BCUT2D eigenvalue weighted by molar-refractivity contribution is -0.384. The molecule has 2 aromatic rings. The summed E-state index contributed by atoms with van der Waals surface area (Å²) in [6.45, 7) is 2.32.